The first-order valence-corrected chi connectivity index (χ1v) is 9.23. The van der Waals surface area contributed by atoms with Crippen molar-refractivity contribution in [1.82, 2.24) is 14.9 Å². The Bertz CT molecular complexity index is 794. The van der Waals surface area contributed by atoms with Crippen LogP contribution in [0.2, 0.25) is 0 Å². The zero-order valence-corrected chi connectivity index (χ0v) is 15.1. The van der Waals surface area contributed by atoms with Crippen molar-refractivity contribution < 1.29 is 4.79 Å². The van der Waals surface area contributed by atoms with Crippen LogP contribution in [-0.2, 0) is 11.2 Å². The summed E-state index contributed by atoms with van der Waals surface area (Å²) in [4.78, 5) is 17.3. The second-order valence-corrected chi connectivity index (χ2v) is 7.24. The summed E-state index contributed by atoms with van der Waals surface area (Å²) < 4.78 is 2.22. The summed E-state index contributed by atoms with van der Waals surface area (Å²) in [7, 11) is 0. The van der Waals surface area contributed by atoms with Crippen molar-refractivity contribution >= 4 is 16.9 Å². The van der Waals surface area contributed by atoms with E-state index >= 15 is 0 Å². The number of imidazole rings is 1. The Kier molecular flexibility index (Phi) is 5.08. The monoisotopic (exact) mass is 338 g/mol. The van der Waals surface area contributed by atoms with Gasteiger partial charge in [0.05, 0.1) is 17.1 Å². The minimum absolute atomic E-state index is 0.109. The average Bonchev–Trinajstić information content (AvgIpc) is 3.00. The molecule has 132 valence electrons. The van der Waals surface area contributed by atoms with Crippen LogP contribution < -0.4 is 5.32 Å². The molecular formula is C20H26N4O. The number of para-hydroxylation sites is 2. The van der Waals surface area contributed by atoms with Gasteiger partial charge in [0.2, 0.25) is 5.91 Å². The number of fused-ring (bicyclic) bond motifs is 1. The van der Waals surface area contributed by atoms with E-state index < -0.39 is 5.41 Å². The summed E-state index contributed by atoms with van der Waals surface area (Å²) in [6.45, 7) is 4.80. The third-order valence-electron chi connectivity index (χ3n) is 5.18. The predicted octanol–water partition coefficient (Wildman–Crippen LogP) is 3.75. The molecule has 0 atom stereocenters. The lowest BCUT2D eigenvalue weighted by atomic mass is 9.74. The fourth-order valence-corrected chi connectivity index (χ4v) is 3.85. The van der Waals surface area contributed by atoms with Crippen molar-refractivity contribution in [2.75, 3.05) is 6.54 Å². The minimum Gasteiger partial charge on any atom is -0.354 e. The number of amides is 1. The van der Waals surface area contributed by atoms with Crippen LogP contribution in [0.5, 0.6) is 0 Å². The van der Waals surface area contributed by atoms with Gasteiger partial charge in [-0.15, -0.1) is 0 Å². The van der Waals surface area contributed by atoms with E-state index in [1.54, 1.807) is 0 Å². The first kappa shape index (κ1) is 17.5. The van der Waals surface area contributed by atoms with E-state index in [2.05, 4.69) is 35.9 Å². The molecule has 1 N–H and O–H groups in total. The summed E-state index contributed by atoms with van der Waals surface area (Å²) in [5.74, 6) is 0.869. The number of benzene rings is 1. The van der Waals surface area contributed by atoms with Gasteiger partial charge in [0, 0.05) is 19.0 Å². The Balaban J connectivity index is 1.70. The highest BCUT2D eigenvalue weighted by molar-refractivity contribution is 5.85. The normalized spacial score (nSPS) is 16.7. The van der Waals surface area contributed by atoms with Crippen molar-refractivity contribution in [3.05, 3.63) is 30.1 Å². The number of hydrogen-bond acceptors (Lipinski definition) is 3. The second-order valence-electron chi connectivity index (χ2n) is 7.24. The minimum atomic E-state index is -0.823. The smallest absolute Gasteiger partial charge is 0.240 e. The zero-order chi connectivity index (χ0) is 17.9. The fraction of sp³-hybridized carbons (Fsp3) is 0.550. The molecule has 0 aliphatic heterocycles. The molecule has 1 saturated carbocycles. The lowest BCUT2D eigenvalue weighted by molar-refractivity contribution is -0.129. The molecule has 0 bridgehead atoms. The molecule has 1 aliphatic rings. The number of carbonyl (C=O) groups is 1. The number of carbonyl (C=O) groups excluding carboxylic acids is 1. The van der Waals surface area contributed by atoms with Crippen molar-refractivity contribution in [3.63, 3.8) is 0 Å². The van der Waals surface area contributed by atoms with Gasteiger partial charge in [0.1, 0.15) is 11.2 Å². The number of nitrogens with one attached hydrogen (secondary N) is 1. The van der Waals surface area contributed by atoms with Gasteiger partial charge < -0.3 is 9.88 Å². The van der Waals surface area contributed by atoms with E-state index in [1.807, 2.05) is 18.2 Å². The van der Waals surface area contributed by atoms with Crippen LogP contribution in [0.1, 0.15) is 57.8 Å². The van der Waals surface area contributed by atoms with Crippen LogP contribution in [-0.4, -0.2) is 22.0 Å². The largest absolute Gasteiger partial charge is 0.354 e. The molecule has 3 rings (SSSR count). The Morgan fingerprint density at radius 1 is 1.32 bits per heavy atom. The lowest BCUT2D eigenvalue weighted by Crippen LogP contribution is -2.42. The van der Waals surface area contributed by atoms with Gasteiger partial charge in [-0.3, -0.25) is 4.79 Å². The molecule has 1 aromatic heterocycles. The molecule has 1 amide bonds. The second kappa shape index (κ2) is 7.26. The Hall–Kier alpha value is -2.35. The van der Waals surface area contributed by atoms with Gasteiger partial charge in [-0.2, -0.15) is 5.26 Å². The Morgan fingerprint density at radius 2 is 2.04 bits per heavy atom. The van der Waals surface area contributed by atoms with Crippen LogP contribution in [0.15, 0.2) is 24.3 Å². The van der Waals surface area contributed by atoms with Crippen molar-refractivity contribution in [2.24, 2.45) is 5.41 Å². The van der Waals surface area contributed by atoms with Gasteiger partial charge in [-0.05, 0) is 38.8 Å². The summed E-state index contributed by atoms with van der Waals surface area (Å²) >= 11 is 0. The van der Waals surface area contributed by atoms with Gasteiger partial charge >= 0.3 is 0 Å². The van der Waals surface area contributed by atoms with Crippen LogP contribution in [0.25, 0.3) is 11.0 Å². The van der Waals surface area contributed by atoms with Gasteiger partial charge in [-0.1, -0.05) is 31.4 Å². The molecule has 0 spiro atoms. The van der Waals surface area contributed by atoms with Crippen molar-refractivity contribution in [3.8, 4) is 6.07 Å². The van der Waals surface area contributed by atoms with Crippen molar-refractivity contribution in [1.29, 1.82) is 5.26 Å². The molecule has 1 heterocycles. The van der Waals surface area contributed by atoms with Crippen LogP contribution in [0.4, 0.5) is 0 Å². The molecule has 0 unspecified atom stereocenters. The van der Waals surface area contributed by atoms with E-state index in [4.69, 9.17) is 4.98 Å². The number of hydrogen-bond donors (Lipinski definition) is 1. The fourth-order valence-electron chi connectivity index (χ4n) is 3.85. The third-order valence-corrected chi connectivity index (χ3v) is 5.18. The highest BCUT2D eigenvalue weighted by atomic mass is 16.2. The third kappa shape index (κ3) is 3.39. The predicted molar refractivity (Wildman–Crippen MR) is 98.0 cm³/mol. The molecule has 5 heteroatoms. The molecule has 1 aliphatic carbocycles. The zero-order valence-electron chi connectivity index (χ0n) is 15.1. The highest BCUT2D eigenvalue weighted by Crippen LogP contribution is 2.35. The maximum Gasteiger partial charge on any atom is 0.240 e. The number of rotatable bonds is 5. The molecule has 1 aromatic carbocycles. The first-order valence-electron chi connectivity index (χ1n) is 9.23. The van der Waals surface area contributed by atoms with Crippen LogP contribution in [0, 0.1) is 16.7 Å². The van der Waals surface area contributed by atoms with E-state index in [0.29, 0.717) is 31.8 Å². The van der Waals surface area contributed by atoms with Crippen molar-refractivity contribution in [2.45, 2.75) is 58.4 Å². The summed E-state index contributed by atoms with van der Waals surface area (Å²) in [6.07, 6.45) is 5.07. The van der Waals surface area contributed by atoms with Gasteiger partial charge in [0.15, 0.2) is 0 Å². The molecule has 1 fully saturated rings. The van der Waals surface area contributed by atoms with Gasteiger partial charge in [0.25, 0.3) is 0 Å². The molecule has 2 aromatic rings. The summed E-state index contributed by atoms with van der Waals surface area (Å²) in [6, 6.07) is 10.7. The maximum atomic E-state index is 12.6. The molecule has 0 saturated heterocycles. The van der Waals surface area contributed by atoms with E-state index in [1.165, 1.54) is 0 Å². The lowest BCUT2D eigenvalue weighted by Gasteiger charge is -2.29. The first-order chi connectivity index (χ1) is 12.1. The Labute approximate surface area is 149 Å². The van der Waals surface area contributed by atoms with Crippen LogP contribution in [0.3, 0.4) is 0 Å². The standard InChI is InChI=1S/C20H26N4O/c1-15(2)24-17-9-5-4-8-16(17)23-18(24)10-13-22-19(25)20(14-21)11-6-3-7-12-20/h4-5,8-9,15H,3,6-7,10-13H2,1-2H3,(H,22,25). The molecular weight excluding hydrogens is 312 g/mol. The van der Waals surface area contributed by atoms with Crippen LogP contribution >= 0.6 is 0 Å². The van der Waals surface area contributed by atoms with E-state index in [-0.39, 0.29) is 5.91 Å². The topological polar surface area (TPSA) is 70.7 Å². The summed E-state index contributed by atoms with van der Waals surface area (Å²) in [5.41, 5.74) is 1.29. The van der Waals surface area contributed by atoms with E-state index in [0.717, 1.165) is 36.1 Å². The van der Waals surface area contributed by atoms with E-state index in [9.17, 15) is 10.1 Å². The highest BCUT2D eigenvalue weighted by Gasteiger charge is 2.39. The Morgan fingerprint density at radius 3 is 2.72 bits per heavy atom. The van der Waals surface area contributed by atoms with Gasteiger partial charge in [-0.25, -0.2) is 4.98 Å². The average molecular weight is 338 g/mol. The quantitative estimate of drug-likeness (QED) is 0.902. The summed E-state index contributed by atoms with van der Waals surface area (Å²) in [5, 5.41) is 12.5. The molecule has 5 nitrogen and oxygen atoms in total. The maximum absolute atomic E-state index is 12.6. The number of nitrogens with zero attached hydrogens (tertiary/aromatic N) is 3. The molecule has 25 heavy (non-hydrogen) atoms. The number of aromatic nitrogens is 2. The number of nitriles is 1. The molecule has 0 radical (unpaired) electrons. The SMILES string of the molecule is CC(C)n1c(CCNC(=O)C2(C#N)CCCCC2)nc2ccccc21.